The Balaban J connectivity index is 1.28. The Morgan fingerprint density at radius 3 is 3.00 bits per heavy atom. The molecule has 0 unspecified atom stereocenters. The van der Waals surface area contributed by atoms with E-state index in [0.29, 0.717) is 5.56 Å². The maximum Gasteiger partial charge on any atom is 0.254 e. The van der Waals surface area contributed by atoms with E-state index in [9.17, 15) is 4.79 Å². The van der Waals surface area contributed by atoms with E-state index in [4.69, 9.17) is 0 Å². The number of aryl methyl sites for hydroxylation is 1. The van der Waals surface area contributed by atoms with Crippen molar-refractivity contribution in [2.45, 2.75) is 51.2 Å². The zero-order valence-corrected chi connectivity index (χ0v) is 14.6. The van der Waals surface area contributed by atoms with Crippen molar-refractivity contribution in [2.75, 3.05) is 19.6 Å². The molecule has 2 aromatic heterocycles. The number of carbonyl (C=O) groups excluding carboxylic acids is 1. The summed E-state index contributed by atoms with van der Waals surface area (Å²) in [5, 5.41) is 7.49. The van der Waals surface area contributed by atoms with Gasteiger partial charge in [0.05, 0.1) is 18.3 Å². The van der Waals surface area contributed by atoms with Gasteiger partial charge in [-0.15, -0.1) is 0 Å². The van der Waals surface area contributed by atoms with Crippen molar-refractivity contribution in [3.05, 3.63) is 36.2 Å². The van der Waals surface area contributed by atoms with Gasteiger partial charge >= 0.3 is 0 Å². The van der Waals surface area contributed by atoms with E-state index in [1.807, 2.05) is 23.3 Å². The second-order valence-electron chi connectivity index (χ2n) is 7.10. The van der Waals surface area contributed by atoms with E-state index >= 15 is 0 Å². The quantitative estimate of drug-likeness (QED) is 0.890. The van der Waals surface area contributed by atoms with Gasteiger partial charge < -0.3 is 14.8 Å². The Labute approximate surface area is 148 Å². The number of carbonyl (C=O) groups is 1. The Hall–Kier alpha value is -2.15. The predicted molar refractivity (Wildman–Crippen MR) is 94.3 cm³/mol. The van der Waals surface area contributed by atoms with Crippen molar-refractivity contribution in [1.29, 1.82) is 0 Å². The lowest BCUT2D eigenvalue weighted by Crippen LogP contribution is -2.40. The van der Waals surface area contributed by atoms with E-state index in [1.165, 1.54) is 32.4 Å². The molecule has 0 radical (unpaired) electrons. The fourth-order valence-electron chi connectivity index (χ4n) is 3.78. The van der Waals surface area contributed by atoms with Crippen molar-refractivity contribution < 1.29 is 4.79 Å². The van der Waals surface area contributed by atoms with Crippen LogP contribution in [-0.2, 0) is 19.5 Å². The molecule has 0 spiro atoms. The first-order chi connectivity index (χ1) is 12.3. The number of hydrogen-bond donors (Lipinski definition) is 1. The van der Waals surface area contributed by atoms with Crippen LogP contribution in [0.15, 0.2) is 24.8 Å². The molecule has 0 aromatic carbocycles. The van der Waals surface area contributed by atoms with Gasteiger partial charge in [-0.3, -0.25) is 9.48 Å². The molecule has 4 heterocycles. The van der Waals surface area contributed by atoms with Crippen molar-refractivity contribution in [2.24, 2.45) is 0 Å². The zero-order chi connectivity index (χ0) is 17.1. The fourth-order valence-corrected chi connectivity index (χ4v) is 3.78. The lowest BCUT2D eigenvalue weighted by Gasteiger charge is -2.26. The first kappa shape index (κ1) is 16.3. The smallest absolute Gasteiger partial charge is 0.254 e. The molecule has 1 amide bonds. The third-order valence-electron chi connectivity index (χ3n) is 5.26. The summed E-state index contributed by atoms with van der Waals surface area (Å²) in [4.78, 5) is 19.3. The molecule has 25 heavy (non-hydrogen) atoms. The van der Waals surface area contributed by atoms with Crippen LogP contribution in [0, 0.1) is 0 Å². The number of piperidine rings is 1. The number of amides is 1. The predicted octanol–water partition coefficient (Wildman–Crippen LogP) is 1.31. The topological polar surface area (TPSA) is 68.0 Å². The van der Waals surface area contributed by atoms with Gasteiger partial charge in [-0.25, -0.2) is 4.98 Å². The van der Waals surface area contributed by atoms with Crippen molar-refractivity contribution >= 4 is 5.91 Å². The lowest BCUT2D eigenvalue weighted by atomic mass is 10.1. The maximum atomic E-state index is 12.5. The summed E-state index contributed by atoms with van der Waals surface area (Å²) < 4.78 is 4.01. The molecule has 2 aromatic rings. The number of rotatable bonds is 5. The van der Waals surface area contributed by atoms with Crippen LogP contribution < -0.4 is 5.32 Å². The number of likely N-dealkylation sites (tertiary alicyclic amines) is 1. The molecular formula is C18H26N6O. The minimum atomic E-state index is -0.0298. The number of imidazole rings is 1. The molecule has 0 saturated carbocycles. The zero-order valence-electron chi connectivity index (χ0n) is 14.6. The van der Waals surface area contributed by atoms with E-state index in [-0.39, 0.29) is 11.9 Å². The van der Waals surface area contributed by atoms with E-state index < -0.39 is 0 Å². The number of fused-ring (bicyclic) bond motifs is 1. The van der Waals surface area contributed by atoms with Crippen LogP contribution in [0.1, 0.15) is 41.9 Å². The summed E-state index contributed by atoms with van der Waals surface area (Å²) in [6, 6.07) is 0.158. The minimum Gasteiger partial charge on any atom is -0.347 e. The van der Waals surface area contributed by atoms with Crippen LogP contribution in [0.2, 0.25) is 0 Å². The molecule has 7 nitrogen and oxygen atoms in total. The summed E-state index contributed by atoms with van der Waals surface area (Å²) in [6.45, 7) is 5.02. The molecule has 1 atom stereocenters. The molecule has 7 heteroatoms. The highest BCUT2D eigenvalue weighted by Gasteiger charge is 2.21. The Kier molecular flexibility index (Phi) is 4.83. The van der Waals surface area contributed by atoms with Gasteiger partial charge in [0.15, 0.2) is 0 Å². The molecule has 0 aliphatic carbocycles. The van der Waals surface area contributed by atoms with Gasteiger partial charge in [0.1, 0.15) is 5.82 Å². The molecular weight excluding hydrogens is 316 g/mol. The van der Waals surface area contributed by atoms with E-state index in [0.717, 1.165) is 38.3 Å². The maximum absolute atomic E-state index is 12.5. The Morgan fingerprint density at radius 1 is 1.24 bits per heavy atom. The van der Waals surface area contributed by atoms with Gasteiger partial charge in [0, 0.05) is 44.1 Å². The first-order valence-electron chi connectivity index (χ1n) is 9.33. The number of aromatic nitrogens is 4. The average Bonchev–Trinajstić information content (AvgIpc) is 3.30. The molecule has 134 valence electrons. The van der Waals surface area contributed by atoms with Crippen molar-refractivity contribution in [3.8, 4) is 0 Å². The first-order valence-corrected chi connectivity index (χ1v) is 9.33. The summed E-state index contributed by atoms with van der Waals surface area (Å²) in [6.07, 6.45) is 13.1. The second-order valence-corrected chi connectivity index (χ2v) is 7.10. The summed E-state index contributed by atoms with van der Waals surface area (Å²) >= 11 is 0. The standard InChI is InChI=1S/C18H26N6O/c25-18(21-16-4-5-17-19-6-9-23(17)14-16)15-12-20-24(13-15)11-10-22-7-2-1-3-8-22/h6,9,12-13,16H,1-5,7-8,10-11,14H2,(H,21,25)/t16-/m0/s1. The normalized spacial score (nSPS) is 21.0. The highest BCUT2D eigenvalue weighted by atomic mass is 16.1. The van der Waals surface area contributed by atoms with E-state index in [2.05, 4.69) is 24.9 Å². The third-order valence-corrected chi connectivity index (χ3v) is 5.26. The largest absolute Gasteiger partial charge is 0.347 e. The molecule has 1 fully saturated rings. The fraction of sp³-hybridized carbons (Fsp3) is 0.611. The number of nitrogens with zero attached hydrogens (tertiary/aromatic N) is 5. The van der Waals surface area contributed by atoms with Crippen molar-refractivity contribution in [1.82, 2.24) is 29.5 Å². The number of nitrogens with one attached hydrogen (secondary N) is 1. The molecule has 4 rings (SSSR count). The monoisotopic (exact) mass is 342 g/mol. The lowest BCUT2D eigenvalue weighted by molar-refractivity contribution is 0.0927. The van der Waals surface area contributed by atoms with Gasteiger partial charge in [0.25, 0.3) is 5.91 Å². The second kappa shape index (κ2) is 7.39. The Bertz CT molecular complexity index is 715. The molecule has 2 aliphatic rings. The van der Waals surface area contributed by atoms with Crippen LogP contribution in [0.5, 0.6) is 0 Å². The molecule has 0 bridgehead atoms. The van der Waals surface area contributed by atoms with Crippen LogP contribution in [0.3, 0.4) is 0 Å². The highest BCUT2D eigenvalue weighted by Crippen LogP contribution is 2.14. The van der Waals surface area contributed by atoms with Gasteiger partial charge in [-0.1, -0.05) is 6.42 Å². The summed E-state index contributed by atoms with van der Waals surface area (Å²) in [7, 11) is 0. The van der Waals surface area contributed by atoms with Gasteiger partial charge in [-0.2, -0.15) is 5.10 Å². The van der Waals surface area contributed by atoms with Gasteiger partial charge in [0.2, 0.25) is 0 Å². The minimum absolute atomic E-state index is 0.0298. The van der Waals surface area contributed by atoms with Gasteiger partial charge in [-0.05, 0) is 32.4 Å². The molecule has 2 aliphatic heterocycles. The highest BCUT2D eigenvalue weighted by molar-refractivity contribution is 5.93. The van der Waals surface area contributed by atoms with Crippen LogP contribution in [0.25, 0.3) is 0 Å². The van der Waals surface area contributed by atoms with Crippen LogP contribution in [0.4, 0.5) is 0 Å². The SMILES string of the molecule is O=C(N[C@H]1CCc2nccn2C1)c1cnn(CCN2CCCCC2)c1. The van der Waals surface area contributed by atoms with Crippen LogP contribution >= 0.6 is 0 Å². The molecule has 1 N–H and O–H groups in total. The van der Waals surface area contributed by atoms with Crippen molar-refractivity contribution in [3.63, 3.8) is 0 Å². The molecule has 1 saturated heterocycles. The summed E-state index contributed by atoms with van der Waals surface area (Å²) in [5.41, 5.74) is 0.648. The average molecular weight is 342 g/mol. The van der Waals surface area contributed by atoms with Crippen LogP contribution in [-0.4, -0.2) is 55.8 Å². The Morgan fingerprint density at radius 2 is 2.12 bits per heavy atom. The third kappa shape index (κ3) is 3.92. The summed E-state index contributed by atoms with van der Waals surface area (Å²) in [5.74, 6) is 1.08. The van der Waals surface area contributed by atoms with E-state index in [1.54, 1.807) is 6.20 Å². The number of hydrogen-bond acceptors (Lipinski definition) is 4.